The van der Waals surface area contributed by atoms with Gasteiger partial charge >= 0.3 is 0 Å². The number of aromatic nitrogens is 1. The zero-order chi connectivity index (χ0) is 64.9. The molecular weight excluding hydrogens is 1150 g/mol. The normalized spacial score (nSPS) is 11.7. The van der Waals surface area contributed by atoms with Crippen molar-refractivity contribution in [3.8, 4) is 169 Å². The minimum atomic E-state index is -0.412. The van der Waals surface area contributed by atoms with Gasteiger partial charge in [0.1, 0.15) is 0 Å². The van der Waals surface area contributed by atoms with E-state index in [1.807, 2.05) is 54.6 Å². The SMILES string of the molecule is C#Cc1cccc(-c2cc(-c3ccc(-c4cccc(C#C)c4C#C)c(-c4cccc(C#C)c4C#C)c3)cc(-c3ccc4c(c3)C(C)(C)c3cc(N(c5ccc(-c6ccccc6)cc5)c5ccc(-c6ccc7c(c6)c6ccccc6n7-c6ccccc6)cc5)ccc3-4)c2)c1C#C. The van der Waals surface area contributed by atoms with E-state index in [2.05, 4.69) is 283 Å². The van der Waals surface area contributed by atoms with E-state index in [0.717, 1.165) is 95.1 Å². The molecular formula is C93H58N2. The third-order valence-electron chi connectivity index (χ3n) is 18.9. The average Bonchev–Trinajstić information content (AvgIpc) is 1.62. The predicted molar refractivity (Wildman–Crippen MR) is 399 cm³/mol. The van der Waals surface area contributed by atoms with Crippen LogP contribution in [0.5, 0.6) is 0 Å². The van der Waals surface area contributed by atoms with Crippen LogP contribution < -0.4 is 4.90 Å². The molecule has 0 N–H and O–H groups in total. The van der Waals surface area contributed by atoms with E-state index in [1.54, 1.807) is 0 Å². The molecule has 15 rings (SSSR count). The number of para-hydroxylation sites is 2. The van der Waals surface area contributed by atoms with Gasteiger partial charge in [0.2, 0.25) is 0 Å². The summed E-state index contributed by atoms with van der Waals surface area (Å²) in [4.78, 5) is 2.38. The zero-order valence-corrected chi connectivity index (χ0v) is 52.4. The Kier molecular flexibility index (Phi) is 14.6. The van der Waals surface area contributed by atoms with Crippen molar-refractivity contribution in [2.24, 2.45) is 0 Å². The van der Waals surface area contributed by atoms with E-state index >= 15 is 0 Å². The van der Waals surface area contributed by atoms with Crippen LogP contribution in [0.1, 0.15) is 58.4 Å². The van der Waals surface area contributed by atoms with E-state index in [0.29, 0.717) is 33.4 Å². The second-order valence-corrected chi connectivity index (χ2v) is 24.4. The first-order chi connectivity index (χ1) is 46.6. The number of fused-ring (bicyclic) bond motifs is 6. The van der Waals surface area contributed by atoms with Gasteiger partial charge in [-0.1, -0.05) is 213 Å². The fourth-order valence-electron chi connectivity index (χ4n) is 14.2. The number of hydrogen-bond acceptors (Lipinski definition) is 1. The van der Waals surface area contributed by atoms with Crippen molar-refractivity contribution in [2.45, 2.75) is 19.3 Å². The molecule has 1 heterocycles. The molecule has 14 aromatic rings. The summed E-state index contributed by atoms with van der Waals surface area (Å²) in [5.41, 5.74) is 28.4. The number of anilines is 3. The molecule has 13 aromatic carbocycles. The quantitative estimate of drug-likeness (QED) is 0.117. The lowest BCUT2D eigenvalue weighted by atomic mass is 9.81. The molecule has 0 amide bonds. The zero-order valence-electron chi connectivity index (χ0n) is 52.4. The molecule has 0 saturated carbocycles. The Bertz CT molecular complexity index is 5730. The summed E-state index contributed by atoms with van der Waals surface area (Å²) >= 11 is 0. The highest BCUT2D eigenvalue weighted by atomic mass is 15.1. The highest BCUT2D eigenvalue weighted by molar-refractivity contribution is 6.10. The Morgan fingerprint density at radius 1 is 0.274 bits per heavy atom. The van der Waals surface area contributed by atoms with Crippen LogP contribution in [-0.2, 0) is 5.41 Å². The lowest BCUT2D eigenvalue weighted by Crippen LogP contribution is -2.16. The molecule has 2 heteroatoms. The fourth-order valence-corrected chi connectivity index (χ4v) is 14.2. The summed E-state index contributed by atoms with van der Waals surface area (Å²) < 4.78 is 2.36. The molecule has 440 valence electrons. The third kappa shape index (κ3) is 10.0. The van der Waals surface area contributed by atoms with Gasteiger partial charge in [0.25, 0.3) is 0 Å². The van der Waals surface area contributed by atoms with Crippen molar-refractivity contribution in [1.82, 2.24) is 4.57 Å². The van der Waals surface area contributed by atoms with Gasteiger partial charge < -0.3 is 9.47 Å². The second kappa shape index (κ2) is 23.9. The lowest BCUT2D eigenvalue weighted by Gasteiger charge is -2.28. The number of rotatable bonds is 11. The first-order valence-electron chi connectivity index (χ1n) is 31.5. The number of hydrogen-bond donors (Lipinski definition) is 0. The Morgan fingerprint density at radius 2 is 0.705 bits per heavy atom. The van der Waals surface area contributed by atoms with E-state index in [9.17, 15) is 0 Å². The summed E-state index contributed by atoms with van der Waals surface area (Å²) in [6.45, 7) is 4.68. The van der Waals surface area contributed by atoms with Crippen molar-refractivity contribution >= 4 is 38.9 Å². The van der Waals surface area contributed by atoms with Gasteiger partial charge in [-0.15, -0.1) is 38.5 Å². The van der Waals surface area contributed by atoms with Crippen molar-refractivity contribution in [3.63, 3.8) is 0 Å². The molecule has 0 saturated heterocycles. The molecule has 0 atom stereocenters. The van der Waals surface area contributed by atoms with E-state index in [4.69, 9.17) is 38.5 Å². The maximum absolute atomic E-state index is 6.34. The molecule has 0 aliphatic heterocycles. The number of benzene rings is 13. The van der Waals surface area contributed by atoms with Crippen LogP contribution in [0.25, 0.3) is 117 Å². The van der Waals surface area contributed by atoms with E-state index < -0.39 is 5.41 Å². The van der Waals surface area contributed by atoms with Gasteiger partial charge in [-0.2, -0.15) is 0 Å². The first kappa shape index (κ1) is 58.2. The molecule has 1 aliphatic rings. The maximum Gasteiger partial charge on any atom is 0.0541 e. The van der Waals surface area contributed by atoms with Gasteiger partial charge in [-0.3, -0.25) is 0 Å². The maximum atomic E-state index is 6.34. The molecule has 1 aliphatic carbocycles. The molecule has 2 nitrogen and oxygen atoms in total. The number of terminal acetylenes is 6. The fraction of sp³-hybridized carbons (Fsp3) is 0.0323. The molecule has 0 spiro atoms. The monoisotopic (exact) mass is 1200 g/mol. The van der Waals surface area contributed by atoms with Crippen LogP contribution >= 0.6 is 0 Å². The van der Waals surface area contributed by atoms with Gasteiger partial charge in [-0.25, -0.2) is 0 Å². The standard InChI is InChI=1S/C93H58N2/c1-9-61-28-23-34-80(77(61)12-4)72-55-70(68-42-50-83(81-35-24-29-62(10-2)78(81)13-5)87(57-68)82-36-25-30-63(11-3)79(82)14-6)54-71(56-72)69-43-51-84-85-52-49-76(60-90(85)93(7,8)89(84)59-69)94(74-45-38-65(39-46-74)64-26-17-15-18-27-64)75-47-40-66(41-48-75)67-44-53-92-88(58-67)86-33-21-22-37-91(86)95(92)73-31-19-16-20-32-73/h1-6,15-60H,7-8H3. The van der Waals surface area contributed by atoms with Gasteiger partial charge in [-0.05, 0) is 215 Å². The minimum Gasteiger partial charge on any atom is -0.310 e. The Hall–Kier alpha value is -13.2. The molecule has 0 radical (unpaired) electrons. The molecule has 95 heavy (non-hydrogen) atoms. The van der Waals surface area contributed by atoms with Crippen LogP contribution in [0, 0.1) is 74.1 Å². The Balaban J connectivity index is 0.837. The summed E-state index contributed by atoms with van der Waals surface area (Å²) in [5, 5.41) is 2.44. The van der Waals surface area contributed by atoms with Crippen LogP contribution in [0.15, 0.2) is 279 Å². The largest absolute Gasteiger partial charge is 0.310 e. The number of nitrogens with zero attached hydrogens (tertiary/aromatic N) is 2. The molecule has 1 aromatic heterocycles. The van der Waals surface area contributed by atoms with Crippen molar-refractivity contribution < 1.29 is 0 Å². The van der Waals surface area contributed by atoms with Crippen LogP contribution in [-0.4, -0.2) is 4.57 Å². The summed E-state index contributed by atoms with van der Waals surface area (Å²) in [5.74, 6) is 17.2. The lowest BCUT2D eigenvalue weighted by molar-refractivity contribution is 0.660. The summed E-state index contributed by atoms with van der Waals surface area (Å²) in [6, 6.07) is 99.0. The minimum absolute atomic E-state index is 0.412. The smallest absolute Gasteiger partial charge is 0.0541 e. The highest BCUT2D eigenvalue weighted by Gasteiger charge is 2.37. The van der Waals surface area contributed by atoms with Crippen LogP contribution in [0.2, 0.25) is 0 Å². The predicted octanol–water partition coefficient (Wildman–Crippen LogP) is 22.1. The van der Waals surface area contributed by atoms with Crippen LogP contribution in [0.4, 0.5) is 17.1 Å². The van der Waals surface area contributed by atoms with Crippen molar-refractivity contribution in [3.05, 3.63) is 324 Å². The first-order valence-corrected chi connectivity index (χ1v) is 31.5. The van der Waals surface area contributed by atoms with Crippen molar-refractivity contribution in [1.29, 1.82) is 0 Å². The highest BCUT2D eigenvalue weighted by Crippen LogP contribution is 2.53. The summed E-state index contributed by atoms with van der Waals surface area (Å²) in [7, 11) is 0. The Morgan fingerprint density at radius 3 is 1.31 bits per heavy atom. The molecule has 0 fully saturated rings. The van der Waals surface area contributed by atoms with E-state index in [-0.39, 0.29) is 0 Å². The summed E-state index contributed by atoms with van der Waals surface area (Å²) in [6.07, 6.45) is 37.2. The average molecular weight is 1200 g/mol. The molecule has 0 unspecified atom stereocenters. The van der Waals surface area contributed by atoms with Crippen LogP contribution in [0.3, 0.4) is 0 Å². The molecule has 0 bridgehead atoms. The van der Waals surface area contributed by atoms with Crippen molar-refractivity contribution in [2.75, 3.05) is 4.90 Å². The van der Waals surface area contributed by atoms with Gasteiger partial charge in [0.15, 0.2) is 0 Å². The topological polar surface area (TPSA) is 8.17 Å². The van der Waals surface area contributed by atoms with Gasteiger partial charge in [0.05, 0.1) is 11.0 Å². The second-order valence-electron chi connectivity index (χ2n) is 24.4. The van der Waals surface area contributed by atoms with Gasteiger partial charge in [0, 0.05) is 72.3 Å². The third-order valence-corrected chi connectivity index (χ3v) is 18.9. The van der Waals surface area contributed by atoms with E-state index in [1.165, 1.54) is 49.6 Å². The Labute approximate surface area is 556 Å².